The summed E-state index contributed by atoms with van der Waals surface area (Å²) in [4.78, 5) is 0. The molecule has 0 heterocycles. The molecule has 0 saturated carbocycles. The second-order valence-corrected chi connectivity index (χ2v) is 2.24. The van der Waals surface area contributed by atoms with Crippen molar-refractivity contribution in [3.63, 3.8) is 0 Å². The zero-order valence-electron chi connectivity index (χ0n) is 5.94. The quantitative estimate of drug-likeness (QED) is 0.567. The fourth-order valence-corrected chi connectivity index (χ4v) is 0.888. The fraction of sp³-hybridized carbons (Fsp3) is 0.500. The number of hydrogen-bond acceptors (Lipinski definition) is 0. The van der Waals surface area contributed by atoms with Gasteiger partial charge in [-0.1, -0.05) is 19.3 Å². The van der Waals surface area contributed by atoms with Crippen LogP contribution in [0.4, 0.5) is 0 Å². The molecule has 0 spiro atoms. The summed E-state index contributed by atoms with van der Waals surface area (Å²) in [7, 11) is 0. The molecule has 1 aliphatic carbocycles. The Morgan fingerprint density at radius 1 is 1.67 bits per heavy atom. The molecule has 48 valence electrons. The zero-order valence-corrected chi connectivity index (χ0v) is 8.40. The van der Waals surface area contributed by atoms with Gasteiger partial charge in [-0.05, 0) is 0 Å². The second kappa shape index (κ2) is 4.22. The Hall–Kier alpha value is 0.363. The van der Waals surface area contributed by atoms with Crippen LogP contribution in [0.1, 0.15) is 20.3 Å². The summed E-state index contributed by atoms with van der Waals surface area (Å²) in [5.74, 6) is 0.606. The minimum Gasteiger partial charge on any atom is -0.269 e. The molecule has 1 unspecified atom stereocenters. The maximum atomic E-state index is 3.24. The van der Waals surface area contributed by atoms with Crippen LogP contribution in [0.3, 0.4) is 0 Å². The molecular formula is C8H11Zr-. The molecule has 0 amide bonds. The molecule has 0 nitrogen and oxygen atoms in total. The number of allylic oxidation sites excluding steroid dienone is 4. The summed E-state index contributed by atoms with van der Waals surface area (Å²) >= 11 is 0. The van der Waals surface area contributed by atoms with E-state index in [1.165, 1.54) is 12.0 Å². The normalized spacial score (nSPS) is 23.3. The van der Waals surface area contributed by atoms with Crippen molar-refractivity contribution in [2.24, 2.45) is 5.92 Å². The van der Waals surface area contributed by atoms with E-state index in [9.17, 15) is 0 Å². The Labute approximate surface area is 76.2 Å². The van der Waals surface area contributed by atoms with E-state index in [2.05, 4.69) is 32.1 Å². The predicted octanol–water partition coefficient (Wildman–Crippen LogP) is 2.33. The predicted molar refractivity (Wildman–Crippen MR) is 35.4 cm³/mol. The molecule has 0 radical (unpaired) electrons. The molecule has 0 N–H and O–H groups in total. The Morgan fingerprint density at radius 2 is 2.33 bits per heavy atom. The molecule has 0 aromatic rings. The summed E-state index contributed by atoms with van der Waals surface area (Å²) in [5, 5.41) is 0. The van der Waals surface area contributed by atoms with E-state index in [1.807, 2.05) is 0 Å². The van der Waals surface area contributed by atoms with Crippen molar-refractivity contribution in [2.45, 2.75) is 20.3 Å². The van der Waals surface area contributed by atoms with Crippen molar-refractivity contribution in [3.05, 3.63) is 23.8 Å². The summed E-state index contributed by atoms with van der Waals surface area (Å²) < 4.78 is 0. The molecule has 0 aliphatic heterocycles. The topological polar surface area (TPSA) is 0 Å². The van der Waals surface area contributed by atoms with Gasteiger partial charge in [0.05, 0.1) is 0 Å². The van der Waals surface area contributed by atoms with Gasteiger partial charge in [0.25, 0.3) is 0 Å². The standard InChI is InChI=1S/C8H11.Zr/c1-3-8-5-4-7(2)6-8;/h4,6,8H,3H2,1-2H3;/q-1;. The van der Waals surface area contributed by atoms with Crippen LogP contribution in [0.5, 0.6) is 0 Å². The summed E-state index contributed by atoms with van der Waals surface area (Å²) in [6.07, 6.45) is 8.74. The Balaban J connectivity index is 0.000000640. The van der Waals surface area contributed by atoms with Gasteiger partial charge in [0.15, 0.2) is 0 Å². The van der Waals surface area contributed by atoms with Gasteiger partial charge >= 0.3 is 0 Å². The Kier molecular flexibility index (Phi) is 4.39. The Morgan fingerprint density at radius 3 is 2.56 bits per heavy atom. The SMILES string of the molecule is CCC1[C-]=CC(C)=C1.[Zr]. The molecule has 1 rings (SSSR count). The first-order chi connectivity index (χ1) is 3.83. The maximum Gasteiger partial charge on any atom is 0 e. The van der Waals surface area contributed by atoms with Crippen molar-refractivity contribution in [1.82, 2.24) is 0 Å². The Bertz CT molecular complexity index is 134. The minimum absolute atomic E-state index is 0. The molecular weight excluding hydrogens is 187 g/mol. The van der Waals surface area contributed by atoms with Gasteiger partial charge in [-0.3, -0.25) is 6.08 Å². The summed E-state index contributed by atoms with van der Waals surface area (Å²) in [6.45, 7) is 4.29. The minimum atomic E-state index is 0. The van der Waals surface area contributed by atoms with Crippen LogP contribution < -0.4 is 0 Å². The molecule has 0 fully saturated rings. The van der Waals surface area contributed by atoms with Gasteiger partial charge in [0.1, 0.15) is 0 Å². The van der Waals surface area contributed by atoms with Gasteiger partial charge in [0, 0.05) is 26.2 Å². The molecule has 9 heavy (non-hydrogen) atoms. The van der Waals surface area contributed by atoms with Crippen LogP contribution in [-0.2, 0) is 26.2 Å². The van der Waals surface area contributed by atoms with Gasteiger partial charge in [-0.2, -0.15) is 6.08 Å². The third-order valence-corrected chi connectivity index (χ3v) is 1.43. The first-order valence-corrected chi connectivity index (χ1v) is 3.10. The van der Waals surface area contributed by atoms with Crippen LogP contribution in [0.25, 0.3) is 0 Å². The average molecular weight is 198 g/mol. The maximum absolute atomic E-state index is 3.24. The second-order valence-electron chi connectivity index (χ2n) is 2.24. The van der Waals surface area contributed by atoms with Crippen molar-refractivity contribution >= 4 is 0 Å². The number of hydrogen-bond donors (Lipinski definition) is 0. The van der Waals surface area contributed by atoms with Crippen LogP contribution in [0, 0.1) is 12.0 Å². The van der Waals surface area contributed by atoms with E-state index in [4.69, 9.17) is 0 Å². The summed E-state index contributed by atoms with van der Waals surface area (Å²) in [6, 6.07) is 0. The van der Waals surface area contributed by atoms with Gasteiger partial charge in [-0.25, -0.2) is 11.6 Å². The molecule has 0 bridgehead atoms. The van der Waals surface area contributed by atoms with Gasteiger partial charge in [-0.15, -0.1) is 6.92 Å². The number of rotatable bonds is 1. The fourth-order valence-electron chi connectivity index (χ4n) is 0.888. The van der Waals surface area contributed by atoms with Crippen LogP contribution >= 0.6 is 0 Å². The van der Waals surface area contributed by atoms with Gasteiger partial charge in [0.2, 0.25) is 0 Å². The molecule has 0 aromatic heterocycles. The van der Waals surface area contributed by atoms with E-state index in [1.54, 1.807) is 0 Å². The van der Waals surface area contributed by atoms with E-state index in [-0.39, 0.29) is 26.2 Å². The first kappa shape index (κ1) is 9.36. The van der Waals surface area contributed by atoms with Crippen LogP contribution in [0.2, 0.25) is 0 Å². The third-order valence-electron chi connectivity index (χ3n) is 1.43. The van der Waals surface area contributed by atoms with Crippen LogP contribution in [0.15, 0.2) is 17.7 Å². The van der Waals surface area contributed by atoms with Crippen LogP contribution in [-0.4, -0.2) is 0 Å². The molecule has 1 aliphatic rings. The first-order valence-electron chi connectivity index (χ1n) is 3.10. The molecule has 0 aromatic carbocycles. The third kappa shape index (κ3) is 2.62. The van der Waals surface area contributed by atoms with Crippen molar-refractivity contribution in [1.29, 1.82) is 0 Å². The van der Waals surface area contributed by atoms with E-state index in [0.717, 1.165) is 0 Å². The largest absolute Gasteiger partial charge is 0.269 e. The zero-order chi connectivity index (χ0) is 5.98. The molecule has 1 atom stereocenters. The van der Waals surface area contributed by atoms with E-state index < -0.39 is 0 Å². The van der Waals surface area contributed by atoms with Gasteiger partial charge < -0.3 is 0 Å². The molecule has 0 saturated heterocycles. The van der Waals surface area contributed by atoms with Crippen molar-refractivity contribution < 1.29 is 26.2 Å². The van der Waals surface area contributed by atoms with E-state index >= 15 is 0 Å². The monoisotopic (exact) mass is 197 g/mol. The molecule has 1 heteroatoms. The average Bonchev–Trinajstić information content (AvgIpc) is 2.14. The summed E-state index contributed by atoms with van der Waals surface area (Å²) in [5.41, 5.74) is 1.36. The van der Waals surface area contributed by atoms with E-state index in [0.29, 0.717) is 5.92 Å². The van der Waals surface area contributed by atoms with Crippen molar-refractivity contribution in [3.8, 4) is 0 Å². The van der Waals surface area contributed by atoms with Crippen molar-refractivity contribution in [2.75, 3.05) is 0 Å². The smallest absolute Gasteiger partial charge is 0 e.